The van der Waals surface area contributed by atoms with Gasteiger partial charge in [0.1, 0.15) is 11.3 Å². The number of nitrogens with zero attached hydrogens (tertiary/aromatic N) is 6. The van der Waals surface area contributed by atoms with Gasteiger partial charge in [-0.25, -0.2) is 15.0 Å². The Kier molecular flexibility index (Phi) is 4.11. The molecule has 2 fully saturated rings. The zero-order valence-electron chi connectivity index (χ0n) is 17.7. The summed E-state index contributed by atoms with van der Waals surface area (Å²) in [7, 11) is 1.88. The van der Waals surface area contributed by atoms with Crippen molar-refractivity contribution in [1.29, 1.82) is 0 Å². The number of fused-ring (bicyclic) bond motifs is 2. The molecular formula is C23H25N7O. The zero-order valence-corrected chi connectivity index (χ0v) is 17.7. The highest BCUT2D eigenvalue weighted by atomic mass is 16.3. The lowest BCUT2D eigenvalue weighted by atomic mass is 10.0. The number of phenols is 1. The smallest absolute Gasteiger partial charge is 0.226 e. The van der Waals surface area contributed by atoms with Crippen LogP contribution in [-0.2, 0) is 7.05 Å². The molecule has 2 N–H and O–H groups in total. The third-order valence-corrected chi connectivity index (χ3v) is 6.34. The molecule has 1 aromatic carbocycles. The summed E-state index contributed by atoms with van der Waals surface area (Å²) in [4.78, 5) is 16.4. The maximum Gasteiger partial charge on any atom is 0.226 e. The average Bonchev–Trinajstić information content (AvgIpc) is 3.32. The van der Waals surface area contributed by atoms with Gasteiger partial charge in [0.05, 0.1) is 22.9 Å². The molecule has 1 atom stereocenters. The lowest BCUT2D eigenvalue weighted by Gasteiger charge is -2.17. The van der Waals surface area contributed by atoms with Crippen LogP contribution < -0.4 is 10.2 Å². The van der Waals surface area contributed by atoms with E-state index in [1.165, 1.54) is 12.8 Å². The highest BCUT2D eigenvalue weighted by Crippen LogP contribution is 2.36. The van der Waals surface area contributed by atoms with Crippen molar-refractivity contribution in [2.75, 3.05) is 18.0 Å². The van der Waals surface area contributed by atoms with Crippen molar-refractivity contribution in [2.45, 2.75) is 38.3 Å². The Morgan fingerprint density at radius 1 is 1.10 bits per heavy atom. The normalized spacial score (nSPS) is 19.0. The Morgan fingerprint density at radius 3 is 2.81 bits per heavy atom. The molecule has 4 aromatic rings. The van der Waals surface area contributed by atoms with Gasteiger partial charge in [0, 0.05) is 54.9 Å². The van der Waals surface area contributed by atoms with E-state index in [9.17, 15) is 5.11 Å². The molecule has 0 spiro atoms. The quantitative estimate of drug-likeness (QED) is 0.529. The number of aromatic hydroxyl groups is 1. The van der Waals surface area contributed by atoms with Gasteiger partial charge in [-0.1, -0.05) is 0 Å². The number of hydrogen-bond donors (Lipinski definition) is 2. The predicted octanol–water partition coefficient (Wildman–Crippen LogP) is 2.92. The minimum absolute atomic E-state index is 0.210. The molecule has 1 saturated carbocycles. The van der Waals surface area contributed by atoms with Crippen molar-refractivity contribution in [3.63, 3.8) is 0 Å². The zero-order chi connectivity index (χ0) is 21.1. The Labute approximate surface area is 179 Å². The Hall–Kier alpha value is -3.26. The minimum Gasteiger partial charge on any atom is -0.507 e. The number of nitrogens with one attached hydrogen (secondary N) is 1. The molecule has 1 unspecified atom stereocenters. The van der Waals surface area contributed by atoms with Crippen LogP contribution in [0.15, 0.2) is 30.6 Å². The van der Waals surface area contributed by atoms with E-state index < -0.39 is 0 Å². The first-order valence-electron chi connectivity index (χ1n) is 10.9. The molecule has 0 bridgehead atoms. The van der Waals surface area contributed by atoms with Gasteiger partial charge in [0.15, 0.2) is 0 Å². The van der Waals surface area contributed by atoms with Gasteiger partial charge in [-0.15, -0.1) is 0 Å². The van der Waals surface area contributed by atoms with Crippen LogP contribution in [0.25, 0.3) is 33.2 Å². The summed E-state index contributed by atoms with van der Waals surface area (Å²) in [5.74, 6) is 0.972. The van der Waals surface area contributed by atoms with Crippen LogP contribution in [0.5, 0.6) is 5.75 Å². The highest BCUT2D eigenvalue weighted by molar-refractivity contribution is 5.91. The Morgan fingerprint density at radius 2 is 1.97 bits per heavy atom. The van der Waals surface area contributed by atoms with Crippen molar-refractivity contribution in [3.8, 4) is 17.0 Å². The van der Waals surface area contributed by atoms with Gasteiger partial charge in [-0.05, 0) is 44.4 Å². The van der Waals surface area contributed by atoms with Crippen LogP contribution in [0, 0.1) is 6.92 Å². The molecule has 4 heterocycles. The van der Waals surface area contributed by atoms with Crippen molar-refractivity contribution >= 4 is 27.9 Å². The maximum absolute atomic E-state index is 10.8. The second-order valence-electron chi connectivity index (χ2n) is 8.78. The number of rotatable bonds is 4. The molecule has 2 aliphatic rings. The van der Waals surface area contributed by atoms with Gasteiger partial charge >= 0.3 is 0 Å². The van der Waals surface area contributed by atoms with Gasteiger partial charge in [-0.3, -0.25) is 4.68 Å². The van der Waals surface area contributed by atoms with E-state index in [1.807, 2.05) is 38.4 Å². The van der Waals surface area contributed by atoms with Crippen LogP contribution in [0.1, 0.15) is 24.8 Å². The molecule has 31 heavy (non-hydrogen) atoms. The monoisotopic (exact) mass is 415 g/mol. The Balaban J connectivity index is 1.32. The molecule has 1 aliphatic heterocycles. The fourth-order valence-electron chi connectivity index (χ4n) is 4.51. The minimum atomic E-state index is 0.210. The summed E-state index contributed by atoms with van der Waals surface area (Å²) in [6.45, 7) is 3.80. The fraction of sp³-hybridized carbons (Fsp3) is 0.391. The van der Waals surface area contributed by atoms with Gasteiger partial charge in [-0.2, -0.15) is 5.10 Å². The topological polar surface area (TPSA) is 92.0 Å². The average molecular weight is 416 g/mol. The fourth-order valence-corrected chi connectivity index (χ4v) is 4.51. The molecular weight excluding hydrogens is 390 g/mol. The van der Waals surface area contributed by atoms with E-state index in [-0.39, 0.29) is 5.75 Å². The molecule has 8 heteroatoms. The van der Waals surface area contributed by atoms with Crippen LogP contribution in [0.3, 0.4) is 0 Å². The van der Waals surface area contributed by atoms with Crippen LogP contribution in [0.2, 0.25) is 0 Å². The van der Waals surface area contributed by atoms with Crippen LogP contribution in [-0.4, -0.2) is 55.0 Å². The lowest BCUT2D eigenvalue weighted by Crippen LogP contribution is -2.34. The number of hydrogen-bond acceptors (Lipinski definition) is 7. The number of phenolic OH excluding ortho intramolecular Hbond substituents is 1. The highest BCUT2D eigenvalue weighted by Gasteiger charge is 2.30. The number of pyridine rings is 1. The van der Waals surface area contributed by atoms with Crippen LogP contribution >= 0.6 is 0 Å². The third kappa shape index (κ3) is 3.27. The van der Waals surface area contributed by atoms with Crippen molar-refractivity contribution in [2.24, 2.45) is 7.05 Å². The van der Waals surface area contributed by atoms with E-state index in [0.29, 0.717) is 17.3 Å². The second kappa shape index (κ2) is 6.88. The van der Waals surface area contributed by atoms with E-state index in [2.05, 4.69) is 20.3 Å². The van der Waals surface area contributed by atoms with Crippen molar-refractivity contribution < 1.29 is 5.11 Å². The third-order valence-electron chi connectivity index (χ3n) is 6.34. The summed E-state index contributed by atoms with van der Waals surface area (Å²) in [5, 5.41) is 19.9. The molecule has 6 rings (SSSR count). The predicted molar refractivity (Wildman–Crippen MR) is 120 cm³/mol. The number of aromatic nitrogens is 5. The van der Waals surface area contributed by atoms with Crippen molar-refractivity contribution in [1.82, 2.24) is 30.0 Å². The number of anilines is 1. The summed E-state index contributed by atoms with van der Waals surface area (Å²) >= 11 is 0. The first-order chi connectivity index (χ1) is 15.0. The molecule has 8 nitrogen and oxygen atoms in total. The molecule has 158 valence electrons. The van der Waals surface area contributed by atoms with E-state index in [1.54, 1.807) is 10.9 Å². The largest absolute Gasteiger partial charge is 0.507 e. The summed E-state index contributed by atoms with van der Waals surface area (Å²) in [6.07, 6.45) is 7.47. The second-order valence-corrected chi connectivity index (χ2v) is 8.78. The molecule has 0 amide bonds. The number of benzene rings is 1. The van der Waals surface area contributed by atoms with Gasteiger partial charge in [0.2, 0.25) is 5.95 Å². The molecule has 1 saturated heterocycles. The first-order valence-corrected chi connectivity index (χ1v) is 10.9. The first kappa shape index (κ1) is 18.5. The number of aryl methyl sites for hydroxylation is 2. The SMILES string of the molecule is Cc1c(O)c(-c2ccc3nc(N4CCC(NC5CC5)C4)ncc3n2)cc2cn(C)nc12. The van der Waals surface area contributed by atoms with Crippen molar-refractivity contribution in [3.05, 3.63) is 36.2 Å². The van der Waals surface area contributed by atoms with E-state index in [0.717, 1.165) is 59.0 Å². The molecule has 0 radical (unpaired) electrons. The Bertz CT molecular complexity index is 1310. The summed E-state index contributed by atoms with van der Waals surface area (Å²) in [6, 6.07) is 7.06. The van der Waals surface area contributed by atoms with Gasteiger partial charge < -0.3 is 15.3 Å². The maximum atomic E-state index is 10.8. The molecule has 1 aliphatic carbocycles. The lowest BCUT2D eigenvalue weighted by molar-refractivity contribution is 0.474. The summed E-state index contributed by atoms with van der Waals surface area (Å²) < 4.78 is 1.76. The summed E-state index contributed by atoms with van der Waals surface area (Å²) in [5.41, 5.74) is 4.48. The van der Waals surface area contributed by atoms with Gasteiger partial charge in [0.25, 0.3) is 0 Å². The standard InChI is InChI=1S/C23H25N7O/c1-13-21-14(11-29(2)28-21)9-17(22(13)31)18-5-6-19-20(26-18)10-24-23(27-19)30-8-7-16(12-30)25-15-3-4-15/h5-6,9-11,15-16,25,31H,3-4,7-8,12H2,1-2H3. The van der Waals surface area contributed by atoms with E-state index >= 15 is 0 Å². The van der Waals surface area contributed by atoms with Crippen LogP contribution in [0.4, 0.5) is 5.95 Å². The molecule has 3 aromatic heterocycles. The van der Waals surface area contributed by atoms with E-state index in [4.69, 9.17) is 9.97 Å².